The molecule has 2 aromatic rings. The van der Waals surface area contributed by atoms with Crippen molar-refractivity contribution in [2.75, 3.05) is 26.7 Å². The zero-order valence-electron chi connectivity index (χ0n) is 19.4. The quantitative estimate of drug-likeness (QED) is 0.706. The minimum Gasteiger partial charge on any atom is -0.487 e. The number of nitriles is 1. The lowest BCUT2D eigenvalue weighted by Gasteiger charge is -2.39. The van der Waals surface area contributed by atoms with Gasteiger partial charge in [0.15, 0.2) is 0 Å². The van der Waals surface area contributed by atoms with Crippen molar-refractivity contribution >= 4 is 11.5 Å². The van der Waals surface area contributed by atoms with Gasteiger partial charge in [0.05, 0.1) is 17.2 Å². The molecule has 2 heterocycles. The Labute approximate surface area is 195 Å². The maximum atomic E-state index is 11.7. The van der Waals surface area contributed by atoms with E-state index in [-0.39, 0.29) is 11.8 Å². The van der Waals surface area contributed by atoms with Crippen LogP contribution in [0.15, 0.2) is 36.0 Å². The minimum atomic E-state index is 0.137. The van der Waals surface area contributed by atoms with Crippen molar-refractivity contribution in [2.45, 2.75) is 45.1 Å². The first-order valence-corrected chi connectivity index (χ1v) is 11.8. The molecule has 1 N–H and O–H groups in total. The second-order valence-corrected chi connectivity index (χ2v) is 9.49. The Kier molecular flexibility index (Phi) is 5.90. The maximum Gasteiger partial charge on any atom is 0.225 e. The topological polar surface area (TPSA) is 78.3 Å². The number of pyridine rings is 1. The fourth-order valence-corrected chi connectivity index (χ4v) is 5.01. The largest absolute Gasteiger partial charge is 0.487 e. The van der Waals surface area contributed by atoms with Crippen LogP contribution in [-0.2, 0) is 17.8 Å². The number of nitrogens with zero attached hydrogens (tertiary/aromatic N) is 3. The summed E-state index contributed by atoms with van der Waals surface area (Å²) in [6.07, 6.45) is 6.05. The third-order valence-electron chi connectivity index (χ3n) is 7.21. The van der Waals surface area contributed by atoms with Gasteiger partial charge in [0.1, 0.15) is 18.4 Å². The number of carbonyl (C=O) groups excluding carboxylic acids is 1. The van der Waals surface area contributed by atoms with E-state index in [1.165, 1.54) is 22.3 Å². The van der Waals surface area contributed by atoms with Gasteiger partial charge in [-0.15, -0.1) is 0 Å². The molecular weight excluding hydrogens is 412 g/mol. The third-order valence-corrected chi connectivity index (χ3v) is 7.21. The van der Waals surface area contributed by atoms with Crippen LogP contribution in [0.2, 0.25) is 0 Å². The first-order valence-electron chi connectivity index (χ1n) is 11.8. The number of aromatic nitrogens is 1. The summed E-state index contributed by atoms with van der Waals surface area (Å²) in [5.41, 5.74) is 8.14. The fourth-order valence-electron chi connectivity index (χ4n) is 5.01. The lowest BCUT2D eigenvalue weighted by atomic mass is 9.85. The molecule has 3 aliphatic rings. The summed E-state index contributed by atoms with van der Waals surface area (Å²) in [6.45, 7) is 5.27. The zero-order chi connectivity index (χ0) is 22.9. The van der Waals surface area contributed by atoms with Gasteiger partial charge in [-0.25, -0.2) is 0 Å². The van der Waals surface area contributed by atoms with E-state index in [0.29, 0.717) is 18.1 Å². The highest BCUT2D eigenvalue weighted by atomic mass is 16.5. The molecule has 0 bridgehead atoms. The van der Waals surface area contributed by atoms with Gasteiger partial charge in [0.2, 0.25) is 5.91 Å². The number of likely N-dealkylation sites (tertiary alicyclic amines) is 1. The number of allylic oxidation sites excluding steroid dienone is 1. The number of aryl methyl sites for hydroxylation is 1. The number of ether oxygens (including phenoxy) is 1. The van der Waals surface area contributed by atoms with Crippen LogP contribution in [-0.4, -0.2) is 42.5 Å². The lowest BCUT2D eigenvalue weighted by molar-refractivity contribution is -0.129. The standard InChI is InChI=1S/C27H30N4O2/c1-17-20(13-31-14-22(15-31)27(32)29-2)6-5-19-9-24(7-8-25(17)19)33-16-23-10-26(18-3-4-18)21(11-28)12-30-23/h7-10,12,18,22H,3-6,13-16H2,1-2H3,(H,29,32). The van der Waals surface area contributed by atoms with E-state index in [1.54, 1.807) is 13.2 Å². The van der Waals surface area contributed by atoms with E-state index < -0.39 is 0 Å². The monoisotopic (exact) mass is 442 g/mol. The highest BCUT2D eigenvalue weighted by Gasteiger charge is 2.33. The van der Waals surface area contributed by atoms with E-state index in [2.05, 4.69) is 40.3 Å². The van der Waals surface area contributed by atoms with Crippen LogP contribution in [0, 0.1) is 17.2 Å². The number of hydrogen-bond acceptors (Lipinski definition) is 5. The summed E-state index contributed by atoms with van der Waals surface area (Å²) in [5.74, 6) is 1.66. The van der Waals surface area contributed by atoms with Gasteiger partial charge in [0.25, 0.3) is 0 Å². The molecule has 6 nitrogen and oxygen atoms in total. The van der Waals surface area contributed by atoms with Crippen LogP contribution in [0.25, 0.3) is 5.57 Å². The summed E-state index contributed by atoms with van der Waals surface area (Å²) in [7, 11) is 1.71. The minimum absolute atomic E-state index is 0.137. The Morgan fingerprint density at radius 2 is 2.09 bits per heavy atom. The van der Waals surface area contributed by atoms with Gasteiger partial charge in [-0.2, -0.15) is 5.26 Å². The first kappa shape index (κ1) is 21.7. The van der Waals surface area contributed by atoms with Gasteiger partial charge in [-0.1, -0.05) is 11.6 Å². The average molecular weight is 443 g/mol. The number of rotatable bonds is 7. The third kappa shape index (κ3) is 4.51. The summed E-state index contributed by atoms with van der Waals surface area (Å²) < 4.78 is 6.08. The molecule has 1 aromatic heterocycles. The molecule has 0 unspecified atom stereocenters. The van der Waals surface area contributed by atoms with Crippen molar-refractivity contribution in [1.82, 2.24) is 15.2 Å². The fraction of sp³-hybridized carbons (Fsp3) is 0.444. The van der Waals surface area contributed by atoms with Crippen molar-refractivity contribution in [3.05, 3.63) is 64.0 Å². The van der Waals surface area contributed by atoms with E-state index in [4.69, 9.17) is 4.74 Å². The summed E-state index contributed by atoms with van der Waals surface area (Å²) in [4.78, 5) is 18.5. The number of amides is 1. The van der Waals surface area contributed by atoms with Gasteiger partial charge in [-0.05, 0) is 79.0 Å². The Hall–Kier alpha value is -3.17. The summed E-state index contributed by atoms with van der Waals surface area (Å²) >= 11 is 0. The lowest BCUT2D eigenvalue weighted by Crippen LogP contribution is -2.53. The van der Waals surface area contributed by atoms with Crippen LogP contribution >= 0.6 is 0 Å². The summed E-state index contributed by atoms with van der Waals surface area (Å²) in [5, 5.41) is 12.1. The van der Waals surface area contributed by atoms with Crippen LogP contribution in [0.1, 0.15) is 60.1 Å². The van der Waals surface area contributed by atoms with E-state index >= 15 is 0 Å². The Morgan fingerprint density at radius 1 is 1.27 bits per heavy atom. The highest BCUT2D eigenvalue weighted by Crippen LogP contribution is 2.41. The van der Waals surface area contributed by atoms with Crippen LogP contribution < -0.4 is 10.1 Å². The van der Waals surface area contributed by atoms with Crippen molar-refractivity contribution in [3.63, 3.8) is 0 Å². The van der Waals surface area contributed by atoms with Gasteiger partial charge in [-0.3, -0.25) is 14.7 Å². The number of benzene rings is 1. The van der Waals surface area contributed by atoms with Gasteiger partial charge >= 0.3 is 0 Å². The number of carbonyl (C=O) groups is 1. The van der Waals surface area contributed by atoms with Crippen LogP contribution in [0.3, 0.4) is 0 Å². The number of nitrogens with one attached hydrogen (secondary N) is 1. The van der Waals surface area contributed by atoms with Crippen molar-refractivity contribution in [2.24, 2.45) is 5.92 Å². The van der Waals surface area contributed by atoms with E-state index in [0.717, 1.165) is 62.3 Å². The van der Waals surface area contributed by atoms with E-state index in [1.807, 2.05) is 12.1 Å². The highest BCUT2D eigenvalue weighted by molar-refractivity contribution is 5.79. The molecule has 1 saturated heterocycles. The number of fused-ring (bicyclic) bond motifs is 1. The summed E-state index contributed by atoms with van der Waals surface area (Å²) in [6, 6.07) is 10.7. The Morgan fingerprint density at radius 3 is 2.82 bits per heavy atom. The molecule has 2 aliphatic carbocycles. The predicted molar refractivity (Wildman–Crippen MR) is 127 cm³/mol. The Bertz CT molecular complexity index is 1150. The molecule has 33 heavy (non-hydrogen) atoms. The van der Waals surface area contributed by atoms with Crippen molar-refractivity contribution in [3.8, 4) is 11.8 Å². The van der Waals surface area contributed by atoms with Gasteiger partial charge in [0, 0.05) is 32.9 Å². The molecule has 170 valence electrons. The second kappa shape index (κ2) is 8.99. The first-order chi connectivity index (χ1) is 16.1. The molecule has 6 heteroatoms. The van der Waals surface area contributed by atoms with Crippen molar-refractivity contribution in [1.29, 1.82) is 5.26 Å². The zero-order valence-corrected chi connectivity index (χ0v) is 19.4. The molecule has 0 radical (unpaired) electrons. The molecule has 0 spiro atoms. The Balaban J connectivity index is 1.23. The molecule has 1 amide bonds. The second-order valence-electron chi connectivity index (χ2n) is 9.49. The molecule has 0 atom stereocenters. The van der Waals surface area contributed by atoms with Crippen molar-refractivity contribution < 1.29 is 9.53 Å². The maximum absolute atomic E-state index is 11.7. The SMILES string of the molecule is CNC(=O)C1CN(CC2=C(C)c3ccc(OCc4cc(C5CC5)c(C#N)cn4)cc3CC2)C1. The van der Waals surface area contributed by atoms with Crippen LogP contribution in [0.4, 0.5) is 0 Å². The molecule has 5 rings (SSSR count). The van der Waals surface area contributed by atoms with Crippen LogP contribution in [0.5, 0.6) is 5.75 Å². The normalized spacial score (nSPS) is 18.3. The molecule has 1 saturated carbocycles. The number of hydrogen-bond donors (Lipinski definition) is 1. The molecular formula is C27H30N4O2. The van der Waals surface area contributed by atoms with Gasteiger partial charge < -0.3 is 10.1 Å². The van der Waals surface area contributed by atoms with E-state index in [9.17, 15) is 10.1 Å². The smallest absolute Gasteiger partial charge is 0.225 e. The predicted octanol–water partition coefficient (Wildman–Crippen LogP) is 3.81. The molecule has 1 aromatic carbocycles. The average Bonchev–Trinajstić information content (AvgIpc) is 3.66. The molecule has 2 fully saturated rings. The molecule has 1 aliphatic heterocycles.